The molecule has 0 radical (unpaired) electrons. The van der Waals surface area contributed by atoms with Gasteiger partial charge in [0.25, 0.3) is 0 Å². The molecule has 3 rings (SSSR count). The van der Waals surface area contributed by atoms with Crippen molar-refractivity contribution in [2.75, 3.05) is 32.9 Å². The topological polar surface area (TPSA) is 72.2 Å². The number of carbonyl (C=O) groups excluding carboxylic acids is 1. The Labute approximate surface area is 167 Å². The molecule has 2 aromatic heterocycles. The van der Waals surface area contributed by atoms with E-state index in [1.165, 1.54) is 0 Å². The maximum absolute atomic E-state index is 12.6. The zero-order valence-corrected chi connectivity index (χ0v) is 16.9. The molecule has 0 saturated carbocycles. The van der Waals surface area contributed by atoms with Crippen LogP contribution in [0, 0.1) is 0 Å². The third kappa shape index (κ3) is 5.17. The average Bonchev–Trinajstić information content (AvgIpc) is 3.31. The molecule has 1 aromatic carbocycles. The van der Waals surface area contributed by atoms with Gasteiger partial charge in [-0.1, -0.05) is 18.2 Å². The van der Waals surface area contributed by atoms with E-state index in [1.807, 2.05) is 83.1 Å². The Balaban J connectivity index is 1.74. The normalized spacial score (nSPS) is 12.2. The minimum absolute atomic E-state index is 0.0188. The molecular formula is C20H25N5O2S. The quantitative estimate of drug-likeness (QED) is 0.593. The summed E-state index contributed by atoms with van der Waals surface area (Å²) in [5, 5.41) is 7.30. The molecule has 7 nitrogen and oxygen atoms in total. The smallest absolute Gasteiger partial charge is 0.232 e. The summed E-state index contributed by atoms with van der Waals surface area (Å²) in [5.41, 5.74) is 1.75. The predicted molar refractivity (Wildman–Crippen MR) is 111 cm³/mol. The van der Waals surface area contributed by atoms with Gasteiger partial charge in [0.15, 0.2) is 0 Å². The molecule has 0 aliphatic heterocycles. The Morgan fingerprint density at radius 3 is 2.54 bits per heavy atom. The number of para-hydroxylation sites is 1. The fraction of sp³-hybridized carbons (Fsp3) is 0.300. The van der Waals surface area contributed by atoms with E-state index in [9.17, 15) is 9.00 Å². The first-order valence-corrected chi connectivity index (χ1v) is 10.6. The van der Waals surface area contributed by atoms with Gasteiger partial charge in [0.2, 0.25) is 5.91 Å². The van der Waals surface area contributed by atoms with Crippen LogP contribution in [0.3, 0.4) is 0 Å². The van der Waals surface area contributed by atoms with Crippen molar-refractivity contribution in [3.05, 3.63) is 66.6 Å². The van der Waals surface area contributed by atoms with Gasteiger partial charge in [0, 0.05) is 41.8 Å². The van der Waals surface area contributed by atoms with Gasteiger partial charge in [0.05, 0.1) is 17.6 Å². The number of amides is 1. The summed E-state index contributed by atoms with van der Waals surface area (Å²) >= 11 is 0. The molecule has 0 fully saturated rings. The molecule has 28 heavy (non-hydrogen) atoms. The van der Waals surface area contributed by atoms with Crippen molar-refractivity contribution in [1.29, 1.82) is 0 Å². The molecular weight excluding hydrogens is 374 g/mol. The number of nitrogens with one attached hydrogen (secondary N) is 1. The van der Waals surface area contributed by atoms with Crippen molar-refractivity contribution in [2.24, 2.45) is 0 Å². The highest BCUT2D eigenvalue weighted by molar-refractivity contribution is 7.84. The third-order valence-corrected chi connectivity index (χ3v) is 5.37. The van der Waals surface area contributed by atoms with Crippen LogP contribution in [0.1, 0.15) is 5.56 Å². The lowest BCUT2D eigenvalue weighted by Crippen LogP contribution is -2.34. The highest BCUT2D eigenvalue weighted by atomic mass is 32.2. The monoisotopic (exact) mass is 399 g/mol. The highest BCUT2D eigenvalue weighted by Gasteiger charge is 2.17. The van der Waals surface area contributed by atoms with Crippen LogP contribution >= 0.6 is 0 Å². The standard InChI is InChI=1S/C20H25N5O2S/c1-23(2)13-10-21-19(26)16-28(27)15-17-14-22-25(18-8-4-3-5-9-18)20(17)24-11-6-7-12-24/h3-9,11-12,14H,10,13,15-16H2,1-2H3,(H,21,26). The Hall–Kier alpha value is -2.71. The molecule has 1 amide bonds. The molecule has 0 spiro atoms. The van der Waals surface area contributed by atoms with Gasteiger partial charge in [-0.05, 0) is 38.4 Å². The van der Waals surface area contributed by atoms with Crippen molar-refractivity contribution in [3.63, 3.8) is 0 Å². The molecule has 1 N–H and O–H groups in total. The van der Waals surface area contributed by atoms with Crippen LogP contribution in [0.4, 0.5) is 0 Å². The molecule has 0 saturated heterocycles. The van der Waals surface area contributed by atoms with Crippen LogP contribution in [0.5, 0.6) is 0 Å². The number of carbonyl (C=O) groups is 1. The first-order chi connectivity index (χ1) is 13.5. The fourth-order valence-corrected chi connectivity index (χ4v) is 3.87. The van der Waals surface area contributed by atoms with E-state index in [4.69, 9.17) is 0 Å². The van der Waals surface area contributed by atoms with Crippen molar-refractivity contribution in [3.8, 4) is 11.5 Å². The Morgan fingerprint density at radius 2 is 1.86 bits per heavy atom. The summed E-state index contributed by atoms with van der Waals surface area (Å²) in [6.45, 7) is 1.30. The van der Waals surface area contributed by atoms with E-state index >= 15 is 0 Å². The van der Waals surface area contributed by atoms with Gasteiger partial charge in [0.1, 0.15) is 11.6 Å². The number of hydrogen-bond acceptors (Lipinski definition) is 4. The lowest BCUT2D eigenvalue weighted by Gasteiger charge is -2.12. The minimum Gasteiger partial charge on any atom is -0.354 e. The Kier molecular flexibility index (Phi) is 6.78. The van der Waals surface area contributed by atoms with Crippen molar-refractivity contribution in [2.45, 2.75) is 5.75 Å². The summed E-state index contributed by atoms with van der Waals surface area (Å²) in [4.78, 5) is 14.0. The van der Waals surface area contributed by atoms with E-state index in [0.717, 1.165) is 23.6 Å². The van der Waals surface area contributed by atoms with Gasteiger partial charge in [-0.25, -0.2) is 4.68 Å². The van der Waals surface area contributed by atoms with Gasteiger partial charge in [-0.15, -0.1) is 0 Å². The van der Waals surface area contributed by atoms with Gasteiger partial charge >= 0.3 is 0 Å². The second kappa shape index (κ2) is 9.48. The average molecular weight is 400 g/mol. The summed E-state index contributed by atoms with van der Waals surface area (Å²) in [7, 11) is 2.56. The molecule has 0 aliphatic carbocycles. The minimum atomic E-state index is -1.32. The van der Waals surface area contributed by atoms with E-state index in [0.29, 0.717) is 6.54 Å². The largest absolute Gasteiger partial charge is 0.354 e. The van der Waals surface area contributed by atoms with Crippen LogP contribution in [0.2, 0.25) is 0 Å². The molecule has 0 bridgehead atoms. The van der Waals surface area contributed by atoms with E-state index in [2.05, 4.69) is 10.4 Å². The van der Waals surface area contributed by atoms with E-state index < -0.39 is 10.8 Å². The Bertz CT molecular complexity index is 919. The van der Waals surface area contributed by atoms with Crippen LogP contribution in [0.25, 0.3) is 11.5 Å². The predicted octanol–water partition coefficient (Wildman–Crippen LogP) is 1.59. The van der Waals surface area contributed by atoms with Crippen LogP contribution in [0.15, 0.2) is 61.1 Å². The van der Waals surface area contributed by atoms with Crippen molar-refractivity contribution in [1.82, 2.24) is 24.6 Å². The van der Waals surface area contributed by atoms with Crippen molar-refractivity contribution < 1.29 is 9.00 Å². The van der Waals surface area contributed by atoms with Crippen molar-refractivity contribution >= 4 is 16.7 Å². The molecule has 1 unspecified atom stereocenters. The van der Waals surface area contributed by atoms with Crippen LogP contribution in [-0.2, 0) is 21.3 Å². The lowest BCUT2D eigenvalue weighted by atomic mass is 10.3. The van der Waals surface area contributed by atoms with Gasteiger partial charge < -0.3 is 14.8 Å². The molecule has 2 heterocycles. The fourth-order valence-electron chi connectivity index (χ4n) is 2.83. The maximum Gasteiger partial charge on any atom is 0.232 e. The van der Waals surface area contributed by atoms with Gasteiger partial charge in [-0.2, -0.15) is 5.10 Å². The molecule has 8 heteroatoms. The number of hydrogen-bond donors (Lipinski definition) is 1. The zero-order chi connectivity index (χ0) is 19.9. The summed E-state index contributed by atoms with van der Waals surface area (Å²) < 4.78 is 16.4. The number of aromatic nitrogens is 3. The van der Waals surface area contributed by atoms with Crippen LogP contribution < -0.4 is 5.32 Å². The number of benzene rings is 1. The third-order valence-electron chi connectivity index (χ3n) is 4.16. The summed E-state index contributed by atoms with van der Waals surface area (Å²) in [5.74, 6) is 0.881. The molecule has 148 valence electrons. The molecule has 1 atom stereocenters. The lowest BCUT2D eigenvalue weighted by molar-refractivity contribution is -0.118. The maximum atomic E-state index is 12.6. The Morgan fingerprint density at radius 1 is 1.14 bits per heavy atom. The van der Waals surface area contributed by atoms with Gasteiger partial charge in [-0.3, -0.25) is 9.00 Å². The first kappa shape index (κ1) is 20.0. The summed E-state index contributed by atoms with van der Waals surface area (Å²) in [6.07, 6.45) is 5.58. The SMILES string of the molecule is CN(C)CCNC(=O)CS(=O)Cc1cnn(-c2ccccc2)c1-n1cccc1. The molecule has 0 aliphatic rings. The van der Waals surface area contributed by atoms with Crippen LogP contribution in [-0.4, -0.2) is 62.3 Å². The number of rotatable bonds is 9. The number of likely N-dealkylation sites (N-methyl/N-ethyl adjacent to an activating group) is 1. The number of nitrogens with zero attached hydrogens (tertiary/aromatic N) is 4. The van der Waals surface area contributed by atoms with E-state index in [1.54, 1.807) is 6.20 Å². The second-order valence-electron chi connectivity index (χ2n) is 6.71. The van der Waals surface area contributed by atoms with E-state index in [-0.39, 0.29) is 17.4 Å². The summed E-state index contributed by atoms with van der Waals surface area (Å²) in [6, 6.07) is 13.7. The second-order valence-corrected chi connectivity index (χ2v) is 8.17. The molecule has 3 aromatic rings. The highest BCUT2D eigenvalue weighted by Crippen LogP contribution is 2.21. The zero-order valence-electron chi connectivity index (χ0n) is 16.1. The first-order valence-electron chi connectivity index (χ1n) is 9.06.